The summed E-state index contributed by atoms with van der Waals surface area (Å²) in [6.07, 6.45) is 2.19. The molecule has 2 aliphatic rings. The Balaban J connectivity index is 1.35. The van der Waals surface area contributed by atoms with Gasteiger partial charge in [-0.05, 0) is 37.0 Å². The van der Waals surface area contributed by atoms with Crippen LogP contribution in [0.5, 0.6) is 0 Å². The summed E-state index contributed by atoms with van der Waals surface area (Å²) >= 11 is 12.2. The lowest BCUT2D eigenvalue weighted by Gasteiger charge is -2.26. The smallest absolute Gasteiger partial charge is 0.244 e. The van der Waals surface area contributed by atoms with E-state index >= 15 is 0 Å². The Morgan fingerprint density at radius 3 is 2.68 bits per heavy atom. The molecule has 0 unspecified atom stereocenters. The molecule has 2 aliphatic heterocycles. The minimum atomic E-state index is -3.85. The molecule has 2 heterocycles. The van der Waals surface area contributed by atoms with E-state index in [9.17, 15) is 13.2 Å². The van der Waals surface area contributed by atoms with Crippen molar-refractivity contribution in [1.82, 2.24) is 14.5 Å². The highest BCUT2D eigenvalue weighted by atomic mass is 35.5. The lowest BCUT2D eigenvalue weighted by molar-refractivity contribution is -0.130. The highest BCUT2D eigenvalue weighted by Gasteiger charge is 2.38. The Bertz CT molecular complexity index is 1190. The van der Waals surface area contributed by atoms with E-state index < -0.39 is 16.1 Å². The van der Waals surface area contributed by atoms with Crippen molar-refractivity contribution in [3.8, 4) is 0 Å². The van der Waals surface area contributed by atoms with E-state index in [4.69, 9.17) is 23.2 Å². The van der Waals surface area contributed by atoms with Gasteiger partial charge in [0.25, 0.3) is 0 Å². The average molecular weight is 523 g/mol. The standard InChI is InChI=1S/C24H28Cl2N4O3S/c1-29(15-11-17-7-9-18(10-8-17)24-27-12-13-28-24)22(31)16-19-4-3-14-30(19)34(32,33)21-6-2-5-20(25)23(21)26/h2,5-10,19H,3-4,11-16H2,1H3,(H,27,28)/t19-/m0/s1. The van der Waals surface area contributed by atoms with Gasteiger partial charge in [-0.3, -0.25) is 9.79 Å². The van der Waals surface area contributed by atoms with Gasteiger partial charge in [0.15, 0.2) is 0 Å². The molecule has 1 fully saturated rings. The molecule has 1 amide bonds. The molecule has 0 bridgehead atoms. The SMILES string of the molecule is CN(CCc1ccc(C2=NCCN2)cc1)C(=O)C[C@@H]1CCCN1S(=O)(=O)c1cccc(Cl)c1Cl. The Labute approximate surface area is 210 Å². The predicted molar refractivity (Wildman–Crippen MR) is 135 cm³/mol. The van der Waals surface area contributed by atoms with E-state index in [-0.39, 0.29) is 27.3 Å². The molecule has 1 N–H and O–H groups in total. The molecule has 2 aromatic carbocycles. The second-order valence-electron chi connectivity index (χ2n) is 8.59. The summed E-state index contributed by atoms with van der Waals surface area (Å²) in [6.45, 7) is 2.59. The molecular weight excluding hydrogens is 495 g/mol. The quantitative estimate of drug-likeness (QED) is 0.574. The Morgan fingerprint density at radius 2 is 1.97 bits per heavy atom. The van der Waals surface area contributed by atoms with Gasteiger partial charge in [-0.1, -0.05) is 53.5 Å². The molecule has 7 nitrogen and oxygen atoms in total. The van der Waals surface area contributed by atoms with Crippen molar-refractivity contribution in [2.75, 3.05) is 33.2 Å². The van der Waals surface area contributed by atoms with Crippen molar-refractivity contribution in [3.05, 3.63) is 63.6 Å². The topological polar surface area (TPSA) is 82.1 Å². The first-order valence-corrected chi connectivity index (χ1v) is 13.5. The van der Waals surface area contributed by atoms with E-state index in [2.05, 4.69) is 22.4 Å². The number of amides is 1. The number of benzene rings is 2. The molecule has 0 spiro atoms. The zero-order valence-corrected chi connectivity index (χ0v) is 21.3. The monoisotopic (exact) mass is 522 g/mol. The van der Waals surface area contributed by atoms with Crippen LogP contribution in [-0.4, -0.2) is 68.6 Å². The van der Waals surface area contributed by atoms with Crippen LogP contribution < -0.4 is 5.32 Å². The molecule has 0 radical (unpaired) electrons. The molecule has 4 rings (SSSR count). The number of rotatable bonds is 8. The Morgan fingerprint density at radius 1 is 1.21 bits per heavy atom. The second kappa shape index (κ2) is 10.6. The van der Waals surface area contributed by atoms with Crippen molar-refractivity contribution in [3.63, 3.8) is 0 Å². The Kier molecular flexibility index (Phi) is 7.82. The summed E-state index contributed by atoms with van der Waals surface area (Å²) in [7, 11) is -2.09. The number of nitrogens with zero attached hydrogens (tertiary/aromatic N) is 3. The number of likely N-dealkylation sites (N-methyl/N-ethyl adjacent to an activating group) is 1. The molecule has 2 aromatic rings. The fourth-order valence-electron chi connectivity index (χ4n) is 4.34. The van der Waals surface area contributed by atoms with E-state index in [0.717, 1.165) is 30.1 Å². The Hall–Kier alpha value is -2.13. The van der Waals surface area contributed by atoms with Gasteiger partial charge < -0.3 is 10.2 Å². The van der Waals surface area contributed by atoms with Crippen LogP contribution in [-0.2, 0) is 21.2 Å². The van der Waals surface area contributed by atoms with Gasteiger partial charge in [-0.15, -0.1) is 0 Å². The van der Waals surface area contributed by atoms with Gasteiger partial charge in [0.1, 0.15) is 10.7 Å². The van der Waals surface area contributed by atoms with Crippen LogP contribution in [0, 0.1) is 0 Å². The minimum absolute atomic E-state index is 0.0139. The first-order valence-electron chi connectivity index (χ1n) is 11.3. The van der Waals surface area contributed by atoms with Crippen LogP contribution in [0.2, 0.25) is 10.0 Å². The van der Waals surface area contributed by atoms with E-state index in [1.807, 2.05) is 12.1 Å². The molecule has 10 heteroatoms. The summed E-state index contributed by atoms with van der Waals surface area (Å²) in [6, 6.07) is 12.4. The lowest BCUT2D eigenvalue weighted by Crippen LogP contribution is -2.40. The van der Waals surface area contributed by atoms with Crippen LogP contribution in [0.25, 0.3) is 0 Å². The molecule has 34 heavy (non-hydrogen) atoms. The largest absolute Gasteiger partial charge is 0.368 e. The number of carbonyl (C=O) groups is 1. The van der Waals surface area contributed by atoms with Crippen LogP contribution in [0.1, 0.15) is 30.4 Å². The molecule has 1 saturated heterocycles. The number of carbonyl (C=O) groups excluding carboxylic acids is 1. The number of sulfonamides is 1. The maximum atomic E-state index is 13.2. The van der Waals surface area contributed by atoms with E-state index in [1.54, 1.807) is 24.1 Å². The number of amidine groups is 1. The van der Waals surface area contributed by atoms with Crippen molar-refractivity contribution in [1.29, 1.82) is 0 Å². The van der Waals surface area contributed by atoms with Crippen LogP contribution in [0.3, 0.4) is 0 Å². The summed E-state index contributed by atoms with van der Waals surface area (Å²) in [5.74, 6) is 0.847. The zero-order valence-electron chi connectivity index (χ0n) is 19.0. The van der Waals surface area contributed by atoms with Crippen LogP contribution in [0.15, 0.2) is 52.4 Å². The first-order chi connectivity index (χ1) is 16.3. The molecule has 0 saturated carbocycles. The fourth-order valence-corrected chi connectivity index (χ4v) is 6.77. The highest BCUT2D eigenvalue weighted by Crippen LogP contribution is 2.34. The van der Waals surface area contributed by atoms with E-state index in [1.165, 1.54) is 10.4 Å². The molecular formula is C24H28Cl2N4O3S. The molecule has 0 aliphatic carbocycles. The van der Waals surface area contributed by atoms with Gasteiger partial charge in [0, 0.05) is 44.7 Å². The highest BCUT2D eigenvalue weighted by molar-refractivity contribution is 7.89. The van der Waals surface area contributed by atoms with Crippen LogP contribution in [0.4, 0.5) is 0 Å². The summed E-state index contributed by atoms with van der Waals surface area (Å²) < 4.78 is 27.9. The third-order valence-corrected chi connectivity index (χ3v) is 9.22. The van der Waals surface area contributed by atoms with Crippen molar-refractivity contribution in [2.45, 2.75) is 36.6 Å². The number of halogens is 2. The van der Waals surface area contributed by atoms with Crippen molar-refractivity contribution < 1.29 is 13.2 Å². The van der Waals surface area contributed by atoms with Crippen molar-refractivity contribution >= 4 is 45.0 Å². The fraction of sp³-hybridized carbons (Fsp3) is 0.417. The molecule has 182 valence electrons. The third kappa shape index (κ3) is 5.40. The van der Waals surface area contributed by atoms with Crippen LogP contribution >= 0.6 is 23.2 Å². The van der Waals surface area contributed by atoms with Crippen molar-refractivity contribution in [2.24, 2.45) is 4.99 Å². The molecule has 1 atom stereocenters. The summed E-state index contributed by atoms with van der Waals surface area (Å²) in [5, 5.41) is 3.46. The molecule has 0 aromatic heterocycles. The lowest BCUT2D eigenvalue weighted by atomic mass is 10.1. The van der Waals surface area contributed by atoms with Gasteiger partial charge >= 0.3 is 0 Å². The van der Waals surface area contributed by atoms with Gasteiger partial charge in [-0.25, -0.2) is 8.42 Å². The maximum Gasteiger partial charge on any atom is 0.244 e. The normalized spacial score (nSPS) is 18.6. The average Bonchev–Trinajstić information content (AvgIpc) is 3.52. The maximum absolute atomic E-state index is 13.2. The first kappa shape index (κ1) is 25.0. The summed E-state index contributed by atoms with van der Waals surface area (Å²) in [5.41, 5.74) is 2.19. The number of hydrogen-bond acceptors (Lipinski definition) is 5. The third-order valence-electron chi connectivity index (χ3n) is 6.30. The van der Waals surface area contributed by atoms with Gasteiger partial charge in [0.2, 0.25) is 15.9 Å². The number of hydrogen-bond donors (Lipinski definition) is 1. The number of aliphatic imine (C=N–C) groups is 1. The van der Waals surface area contributed by atoms with E-state index in [0.29, 0.717) is 32.4 Å². The second-order valence-corrected chi connectivity index (χ2v) is 11.2. The predicted octanol–water partition coefficient (Wildman–Crippen LogP) is 3.59. The summed E-state index contributed by atoms with van der Waals surface area (Å²) in [4.78, 5) is 19.0. The van der Waals surface area contributed by atoms with Gasteiger partial charge in [0.05, 0.1) is 16.6 Å². The number of nitrogens with one attached hydrogen (secondary N) is 1. The van der Waals surface area contributed by atoms with Gasteiger partial charge in [-0.2, -0.15) is 4.31 Å². The minimum Gasteiger partial charge on any atom is -0.368 e. The zero-order chi connectivity index (χ0) is 24.3.